The molecule has 0 saturated carbocycles. The number of nitrogens with two attached hydrogens (primary N) is 1. The highest BCUT2D eigenvalue weighted by Crippen LogP contribution is 2.23. The van der Waals surface area contributed by atoms with E-state index < -0.39 is 11.1 Å². The van der Waals surface area contributed by atoms with Crippen LogP contribution >= 0.6 is 0 Å². The van der Waals surface area contributed by atoms with E-state index in [1.807, 2.05) is 0 Å². The zero-order valence-electron chi connectivity index (χ0n) is 10.2. The van der Waals surface area contributed by atoms with E-state index in [0.29, 0.717) is 12.3 Å². The molecule has 0 bridgehead atoms. The van der Waals surface area contributed by atoms with E-state index in [1.54, 1.807) is 31.2 Å². The first-order valence-electron chi connectivity index (χ1n) is 5.61. The summed E-state index contributed by atoms with van der Waals surface area (Å²) < 4.78 is 24.8. The molecule has 1 aromatic carbocycles. The van der Waals surface area contributed by atoms with Crippen LogP contribution in [0.4, 0.5) is 5.69 Å². The van der Waals surface area contributed by atoms with Crippen molar-refractivity contribution in [1.82, 2.24) is 0 Å². The van der Waals surface area contributed by atoms with Gasteiger partial charge in [0.15, 0.2) is 11.1 Å². The van der Waals surface area contributed by atoms with E-state index >= 15 is 0 Å². The average Bonchev–Trinajstić information content (AvgIpc) is 2.28. The number of nitrogen functional groups attached to an aromatic ring is 1. The molecule has 0 amide bonds. The lowest BCUT2D eigenvalue weighted by Crippen LogP contribution is -2.16. The molecule has 0 aliphatic carbocycles. The zero-order valence-corrected chi connectivity index (χ0v) is 11.0. The minimum absolute atomic E-state index is 0.0116. The smallest absolute Gasteiger partial charge is 0.306 e. The monoisotopic (exact) mass is 271 g/mol. The molecule has 18 heavy (non-hydrogen) atoms. The van der Waals surface area contributed by atoms with Crippen LogP contribution in [0.15, 0.2) is 24.3 Å². The lowest BCUT2D eigenvalue weighted by Gasteiger charge is -2.15. The Kier molecular flexibility index (Phi) is 5.80. The molecule has 0 aliphatic heterocycles. The van der Waals surface area contributed by atoms with Gasteiger partial charge in [0.05, 0.1) is 18.8 Å². The van der Waals surface area contributed by atoms with Gasteiger partial charge in [-0.2, -0.15) is 0 Å². The van der Waals surface area contributed by atoms with E-state index in [4.69, 9.17) is 15.0 Å². The number of hydrogen-bond donors (Lipinski definition) is 2. The van der Waals surface area contributed by atoms with Gasteiger partial charge >= 0.3 is 5.97 Å². The van der Waals surface area contributed by atoms with Crippen LogP contribution in [0.2, 0.25) is 0 Å². The lowest BCUT2D eigenvalue weighted by atomic mass is 9.97. The highest BCUT2D eigenvalue weighted by atomic mass is 32.2. The number of carbonyl (C=O) groups is 1. The van der Waals surface area contributed by atoms with Crippen LogP contribution in [-0.4, -0.2) is 27.1 Å². The Labute approximate surface area is 109 Å². The number of hydrogen-bond acceptors (Lipinski definition) is 4. The van der Waals surface area contributed by atoms with E-state index in [-0.39, 0.29) is 24.1 Å². The molecule has 100 valence electrons. The molecule has 5 nitrogen and oxygen atoms in total. The molecule has 0 saturated heterocycles. The van der Waals surface area contributed by atoms with Gasteiger partial charge in [0.2, 0.25) is 0 Å². The number of esters is 1. The van der Waals surface area contributed by atoms with Gasteiger partial charge in [-0.15, -0.1) is 0 Å². The van der Waals surface area contributed by atoms with Crippen LogP contribution in [0.5, 0.6) is 0 Å². The Hall–Kier alpha value is -1.40. The van der Waals surface area contributed by atoms with Crippen LogP contribution in [-0.2, 0) is 20.6 Å². The number of anilines is 1. The maximum absolute atomic E-state index is 11.5. The molecule has 3 N–H and O–H groups in total. The molecule has 6 heteroatoms. The molecular formula is C12H17NO4S. The molecule has 0 radical (unpaired) electrons. The third-order valence-electron chi connectivity index (χ3n) is 2.44. The molecular weight excluding hydrogens is 254 g/mol. The predicted molar refractivity (Wildman–Crippen MR) is 70.5 cm³/mol. The second kappa shape index (κ2) is 7.13. The molecule has 1 aromatic rings. The van der Waals surface area contributed by atoms with Crippen LogP contribution in [0, 0.1) is 0 Å². The number of benzene rings is 1. The molecule has 2 unspecified atom stereocenters. The second-order valence-electron chi connectivity index (χ2n) is 3.86. The Morgan fingerprint density at radius 1 is 1.56 bits per heavy atom. The third-order valence-corrected chi connectivity index (χ3v) is 3.13. The molecule has 2 atom stereocenters. The summed E-state index contributed by atoms with van der Waals surface area (Å²) in [6.07, 6.45) is 0.0730. The Balaban J connectivity index is 2.84. The normalized spacial score (nSPS) is 13.9. The largest absolute Gasteiger partial charge is 0.466 e. The van der Waals surface area contributed by atoms with Crippen molar-refractivity contribution in [2.24, 2.45) is 0 Å². The van der Waals surface area contributed by atoms with Crippen LogP contribution in [0.25, 0.3) is 0 Å². The van der Waals surface area contributed by atoms with Gasteiger partial charge in [0.1, 0.15) is 0 Å². The first kappa shape index (κ1) is 14.7. The predicted octanol–water partition coefficient (Wildman–Crippen LogP) is 1.53. The SMILES string of the molecule is CCOC(=O)CC(CS(=O)O)c1cccc(N)c1. The fourth-order valence-corrected chi connectivity index (χ4v) is 2.33. The summed E-state index contributed by atoms with van der Waals surface area (Å²) in [5.41, 5.74) is 6.99. The summed E-state index contributed by atoms with van der Waals surface area (Å²) in [5, 5.41) is 0. The molecule has 0 aliphatic rings. The first-order valence-corrected chi connectivity index (χ1v) is 6.89. The van der Waals surface area contributed by atoms with Gasteiger partial charge in [0.25, 0.3) is 0 Å². The summed E-state index contributed by atoms with van der Waals surface area (Å²) in [6, 6.07) is 6.97. The minimum atomic E-state index is -1.97. The maximum atomic E-state index is 11.5. The van der Waals surface area contributed by atoms with Gasteiger partial charge < -0.3 is 15.0 Å². The second-order valence-corrected chi connectivity index (χ2v) is 4.84. The molecule has 0 heterocycles. The lowest BCUT2D eigenvalue weighted by molar-refractivity contribution is -0.143. The summed E-state index contributed by atoms with van der Waals surface area (Å²) in [7, 11) is 0. The van der Waals surface area contributed by atoms with Crippen molar-refractivity contribution in [3.8, 4) is 0 Å². The molecule has 0 spiro atoms. The zero-order chi connectivity index (χ0) is 13.5. The van der Waals surface area contributed by atoms with Crippen molar-refractivity contribution >= 4 is 22.7 Å². The van der Waals surface area contributed by atoms with Crippen LogP contribution in [0.3, 0.4) is 0 Å². The number of rotatable bonds is 6. The van der Waals surface area contributed by atoms with E-state index in [2.05, 4.69) is 0 Å². The van der Waals surface area contributed by atoms with Crippen molar-refractivity contribution in [3.63, 3.8) is 0 Å². The minimum Gasteiger partial charge on any atom is -0.466 e. The van der Waals surface area contributed by atoms with Gasteiger partial charge in [-0.05, 0) is 24.6 Å². The fourth-order valence-electron chi connectivity index (χ4n) is 1.68. The highest BCUT2D eigenvalue weighted by Gasteiger charge is 2.19. The standard InChI is InChI=1S/C12H17NO4S/c1-2-17-12(14)7-10(8-18(15)16)9-4-3-5-11(13)6-9/h3-6,10H,2,7-8,13H2,1H3,(H,15,16). The van der Waals surface area contributed by atoms with E-state index in [9.17, 15) is 9.00 Å². The van der Waals surface area contributed by atoms with Crippen molar-refractivity contribution in [2.75, 3.05) is 18.1 Å². The summed E-state index contributed by atoms with van der Waals surface area (Å²) in [4.78, 5) is 11.5. The quantitative estimate of drug-likeness (QED) is 0.465. The summed E-state index contributed by atoms with van der Waals surface area (Å²) in [5.74, 6) is -0.754. The highest BCUT2D eigenvalue weighted by molar-refractivity contribution is 7.79. The fraction of sp³-hybridized carbons (Fsp3) is 0.417. The third kappa shape index (κ3) is 4.85. The Morgan fingerprint density at radius 2 is 2.28 bits per heavy atom. The molecule has 0 fully saturated rings. The van der Waals surface area contributed by atoms with Gasteiger partial charge in [-0.25, -0.2) is 4.21 Å². The summed E-state index contributed by atoms with van der Waals surface area (Å²) >= 11 is -1.97. The average molecular weight is 271 g/mol. The summed E-state index contributed by atoms with van der Waals surface area (Å²) in [6.45, 7) is 2.02. The number of carbonyl (C=O) groups excluding carboxylic acids is 1. The van der Waals surface area contributed by atoms with E-state index in [0.717, 1.165) is 5.56 Å². The number of ether oxygens (including phenoxy) is 1. The van der Waals surface area contributed by atoms with Crippen LogP contribution < -0.4 is 5.73 Å². The first-order chi connectivity index (χ1) is 8.52. The van der Waals surface area contributed by atoms with Crippen molar-refractivity contribution in [3.05, 3.63) is 29.8 Å². The van der Waals surface area contributed by atoms with Crippen molar-refractivity contribution < 1.29 is 18.3 Å². The van der Waals surface area contributed by atoms with Gasteiger partial charge in [0, 0.05) is 11.6 Å². The van der Waals surface area contributed by atoms with Crippen molar-refractivity contribution in [2.45, 2.75) is 19.3 Å². The van der Waals surface area contributed by atoms with E-state index in [1.165, 1.54) is 0 Å². The molecule has 1 rings (SSSR count). The topological polar surface area (TPSA) is 89.6 Å². The van der Waals surface area contributed by atoms with Crippen molar-refractivity contribution in [1.29, 1.82) is 0 Å². The van der Waals surface area contributed by atoms with Crippen LogP contribution in [0.1, 0.15) is 24.8 Å². The Morgan fingerprint density at radius 3 is 2.83 bits per heavy atom. The van der Waals surface area contributed by atoms with Gasteiger partial charge in [-0.3, -0.25) is 4.79 Å². The van der Waals surface area contributed by atoms with Gasteiger partial charge in [-0.1, -0.05) is 12.1 Å². The Bertz CT molecular complexity index is 436. The molecule has 0 aromatic heterocycles. The maximum Gasteiger partial charge on any atom is 0.306 e.